The van der Waals surface area contributed by atoms with Gasteiger partial charge in [-0.05, 0) is 18.4 Å². The molecule has 5 heteroatoms. The van der Waals surface area contributed by atoms with E-state index in [-0.39, 0.29) is 18.6 Å². The number of thioether (sulfide) groups is 1. The molecule has 2 aromatic rings. The smallest absolute Gasteiger partial charge is 0.228 e. The SMILES string of the molecule is CSC1=N[NH+](c2ccccc2)C(C)N1c1ccccc1.[Cl-]. The van der Waals surface area contributed by atoms with Gasteiger partial charge in [-0.15, -0.1) is 0 Å². The van der Waals surface area contributed by atoms with E-state index in [1.54, 1.807) is 11.8 Å². The number of quaternary nitrogens is 1. The first-order chi connectivity index (χ1) is 9.81. The average Bonchev–Trinajstić information content (AvgIpc) is 2.86. The molecule has 2 aromatic carbocycles. The quantitative estimate of drug-likeness (QED) is 0.821. The molecule has 110 valence electrons. The Balaban J connectivity index is 0.00000161. The fourth-order valence-corrected chi connectivity index (χ4v) is 3.17. The van der Waals surface area contributed by atoms with E-state index in [1.807, 2.05) is 12.1 Å². The lowest BCUT2D eigenvalue weighted by Crippen LogP contribution is -3.06. The van der Waals surface area contributed by atoms with Crippen LogP contribution in [0.25, 0.3) is 0 Å². The number of nitrogens with one attached hydrogen (secondary N) is 1. The van der Waals surface area contributed by atoms with Crippen LogP contribution in [0.2, 0.25) is 0 Å². The van der Waals surface area contributed by atoms with Gasteiger partial charge in [-0.2, -0.15) is 5.01 Å². The van der Waals surface area contributed by atoms with Crippen molar-refractivity contribution < 1.29 is 17.4 Å². The molecule has 3 nitrogen and oxygen atoms in total. The molecule has 1 aliphatic heterocycles. The minimum atomic E-state index is 0. The van der Waals surface area contributed by atoms with E-state index in [2.05, 4.69) is 66.6 Å². The normalized spacial score (nSPS) is 20.9. The number of rotatable bonds is 2. The van der Waals surface area contributed by atoms with Crippen LogP contribution >= 0.6 is 11.8 Å². The molecular formula is C16H18ClN3S. The molecule has 1 heterocycles. The van der Waals surface area contributed by atoms with Crippen molar-refractivity contribution in [1.82, 2.24) is 0 Å². The minimum Gasteiger partial charge on any atom is -1.00 e. The molecule has 0 bridgehead atoms. The van der Waals surface area contributed by atoms with Gasteiger partial charge in [-0.1, -0.05) is 53.3 Å². The van der Waals surface area contributed by atoms with Gasteiger partial charge in [0.15, 0.2) is 11.9 Å². The number of halogens is 1. The maximum absolute atomic E-state index is 4.84. The molecule has 21 heavy (non-hydrogen) atoms. The van der Waals surface area contributed by atoms with Gasteiger partial charge >= 0.3 is 0 Å². The van der Waals surface area contributed by atoms with E-state index >= 15 is 0 Å². The van der Waals surface area contributed by atoms with E-state index in [4.69, 9.17) is 5.10 Å². The predicted molar refractivity (Wildman–Crippen MR) is 86.4 cm³/mol. The van der Waals surface area contributed by atoms with Crippen molar-refractivity contribution in [3.8, 4) is 0 Å². The van der Waals surface area contributed by atoms with Crippen LogP contribution in [0.1, 0.15) is 6.92 Å². The molecule has 3 rings (SSSR count). The standard InChI is InChI=1S/C16H17N3S.ClH/c1-13-18(14-9-5-3-6-10-14)16(20-2)17-19(13)15-11-7-4-8-12-15;/h3-13H,1-2H3;1H. The molecule has 0 saturated carbocycles. The van der Waals surface area contributed by atoms with Gasteiger partial charge < -0.3 is 12.4 Å². The van der Waals surface area contributed by atoms with Gasteiger partial charge in [0.1, 0.15) is 0 Å². The second-order valence-electron chi connectivity index (χ2n) is 4.73. The molecule has 0 aliphatic carbocycles. The third kappa shape index (κ3) is 3.07. The zero-order chi connectivity index (χ0) is 13.9. The molecule has 2 unspecified atom stereocenters. The van der Waals surface area contributed by atoms with Gasteiger partial charge in [0.25, 0.3) is 0 Å². The van der Waals surface area contributed by atoms with Gasteiger partial charge in [-0.25, -0.2) is 0 Å². The molecule has 0 saturated heterocycles. The Hall–Kier alpha value is -1.49. The third-order valence-corrected chi connectivity index (χ3v) is 4.14. The van der Waals surface area contributed by atoms with Crippen molar-refractivity contribution in [3.63, 3.8) is 0 Å². The summed E-state index contributed by atoms with van der Waals surface area (Å²) in [5.74, 6) is 0. The van der Waals surface area contributed by atoms with Crippen molar-refractivity contribution in [1.29, 1.82) is 0 Å². The Labute approximate surface area is 136 Å². The molecule has 0 amide bonds. The second kappa shape index (κ2) is 6.98. The van der Waals surface area contributed by atoms with Crippen LogP contribution in [0.5, 0.6) is 0 Å². The van der Waals surface area contributed by atoms with Crippen molar-refractivity contribution in [2.75, 3.05) is 11.2 Å². The number of nitrogens with zero attached hydrogens (tertiary/aromatic N) is 2. The fourth-order valence-electron chi connectivity index (χ4n) is 2.52. The summed E-state index contributed by atoms with van der Waals surface area (Å²) in [6.45, 7) is 2.21. The maximum atomic E-state index is 4.84. The van der Waals surface area contributed by atoms with E-state index in [9.17, 15) is 0 Å². The molecule has 2 atom stereocenters. The minimum absolute atomic E-state index is 0. The van der Waals surface area contributed by atoms with Crippen molar-refractivity contribution >= 4 is 28.3 Å². The Morgan fingerprint density at radius 3 is 2.14 bits per heavy atom. The molecular weight excluding hydrogens is 302 g/mol. The first-order valence-electron chi connectivity index (χ1n) is 6.70. The Bertz CT molecular complexity index is 603. The first kappa shape index (κ1) is 15.9. The maximum Gasteiger partial charge on any atom is 0.228 e. The van der Waals surface area contributed by atoms with Gasteiger partial charge in [-0.3, -0.25) is 4.90 Å². The summed E-state index contributed by atoms with van der Waals surface area (Å²) < 4.78 is 0. The highest BCUT2D eigenvalue weighted by atomic mass is 35.5. The molecule has 0 spiro atoms. The molecule has 0 fully saturated rings. The number of para-hydroxylation sites is 2. The summed E-state index contributed by atoms with van der Waals surface area (Å²) in [7, 11) is 0. The second-order valence-corrected chi connectivity index (χ2v) is 5.50. The van der Waals surface area contributed by atoms with Crippen LogP contribution in [-0.4, -0.2) is 17.6 Å². The van der Waals surface area contributed by atoms with Crippen LogP contribution in [0, 0.1) is 0 Å². The van der Waals surface area contributed by atoms with Gasteiger partial charge in [0, 0.05) is 24.7 Å². The average molecular weight is 320 g/mol. The summed E-state index contributed by atoms with van der Waals surface area (Å²) in [5.41, 5.74) is 2.39. The Kier molecular flexibility index (Phi) is 5.28. The topological polar surface area (TPSA) is 20.0 Å². The van der Waals surface area contributed by atoms with Crippen LogP contribution in [0.3, 0.4) is 0 Å². The number of anilines is 1. The summed E-state index contributed by atoms with van der Waals surface area (Å²) in [6, 6.07) is 20.9. The lowest BCUT2D eigenvalue weighted by atomic mass is 10.2. The highest BCUT2D eigenvalue weighted by Crippen LogP contribution is 2.22. The van der Waals surface area contributed by atoms with Crippen LogP contribution < -0.4 is 22.3 Å². The Morgan fingerprint density at radius 2 is 1.57 bits per heavy atom. The predicted octanol–water partition coefficient (Wildman–Crippen LogP) is -0.293. The summed E-state index contributed by atoms with van der Waals surface area (Å²) in [4.78, 5) is 2.30. The summed E-state index contributed by atoms with van der Waals surface area (Å²) >= 11 is 1.69. The van der Waals surface area contributed by atoms with E-state index in [1.165, 1.54) is 11.4 Å². The molecule has 1 N–H and O–H groups in total. The van der Waals surface area contributed by atoms with E-state index < -0.39 is 0 Å². The summed E-state index contributed by atoms with van der Waals surface area (Å²) in [6.07, 6.45) is 2.33. The van der Waals surface area contributed by atoms with Crippen molar-refractivity contribution in [3.05, 3.63) is 60.7 Å². The van der Waals surface area contributed by atoms with Crippen molar-refractivity contribution in [2.24, 2.45) is 5.10 Å². The largest absolute Gasteiger partial charge is 1.00 e. The molecule has 0 radical (unpaired) electrons. The highest BCUT2D eigenvalue weighted by Gasteiger charge is 2.37. The zero-order valence-corrected chi connectivity index (χ0v) is 13.6. The lowest BCUT2D eigenvalue weighted by molar-refractivity contribution is -0.857. The number of amidine groups is 1. The molecule has 0 aromatic heterocycles. The highest BCUT2D eigenvalue weighted by molar-refractivity contribution is 8.13. The lowest BCUT2D eigenvalue weighted by Gasteiger charge is -2.23. The van der Waals surface area contributed by atoms with Crippen LogP contribution in [0.4, 0.5) is 11.4 Å². The summed E-state index contributed by atoms with van der Waals surface area (Å²) in [5, 5.41) is 7.03. The third-order valence-electron chi connectivity index (χ3n) is 3.49. The van der Waals surface area contributed by atoms with Crippen LogP contribution in [0.15, 0.2) is 65.8 Å². The molecule has 1 aliphatic rings. The van der Waals surface area contributed by atoms with E-state index in [0.717, 1.165) is 10.2 Å². The van der Waals surface area contributed by atoms with Crippen molar-refractivity contribution in [2.45, 2.75) is 13.1 Å². The van der Waals surface area contributed by atoms with Gasteiger partial charge in [0.05, 0.1) is 0 Å². The number of benzene rings is 2. The zero-order valence-electron chi connectivity index (χ0n) is 12.0. The monoisotopic (exact) mass is 319 g/mol. The van der Waals surface area contributed by atoms with Crippen LogP contribution in [-0.2, 0) is 0 Å². The fraction of sp³-hybridized carbons (Fsp3) is 0.188. The Morgan fingerprint density at radius 1 is 1.00 bits per heavy atom. The first-order valence-corrected chi connectivity index (χ1v) is 7.93. The van der Waals surface area contributed by atoms with Gasteiger partial charge in [0.2, 0.25) is 5.17 Å². The van der Waals surface area contributed by atoms with E-state index in [0.29, 0.717) is 0 Å². The number of hydrogen-bond acceptors (Lipinski definition) is 3. The number of hydrogen-bond donors (Lipinski definition) is 1.